The Morgan fingerprint density at radius 3 is 2.68 bits per heavy atom. The molecule has 0 bridgehead atoms. The molecule has 0 spiro atoms. The van der Waals surface area contributed by atoms with Crippen LogP contribution in [0.25, 0.3) is 0 Å². The van der Waals surface area contributed by atoms with Crippen LogP contribution >= 0.6 is 0 Å². The van der Waals surface area contributed by atoms with E-state index in [1.54, 1.807) is 0 Å². The maximum absolute atomic E-state index is 5.98. The number of hydrogen-bond acceptors (Lipinski definition) is 4. The highest BCUT2D eigenvalue weighted by molar-refractivity contribution is 5.70. The van der Waals surface area contributed by atoms with Crippen molar-refractivity contribution in [3.63, 3.8) is 0 Å². The van der Waals surface area contributed by atoms with Gasteiger partial charge in [-0.3, -0.25) is 0 Å². The van der Waals surface area contributed by atoms with Gasteiger partial charge in [-0.2, -0.15) is 0 Å². The minimum Gasteiger partial charge on any atom is -0.491 e. The Hall–Kier alpha value is -1.42. The van der Waals surface area contributed by atoms with Crippen LogP contribution in [-0.4, -0.2) is 44.7 Å². The maximum Gasteiger partial charge on any atom is 0.147 e. The van der Waals surface area contributed by atoms with E-state index in [1.807, 2.05) is 6.07 Å². The first-order chi connectivity index (χ1) is 9.16. The van der Waals surface area contributed by atoms with Crippen LogP contribution < -0.4 is 15.4 Å². The molecule has 4 heteroatoms. The van der Waals surface area contributed by atoms with Gasteiger partial charge in [0.25, 0.3) is 0 Å². The smallest absolute Gasteiger partial charge is 0.147 e. The van der Waals surface area contributed by atoms with Crippen molar-refractivity contribution >= 4 is 11.4 Å². The number of rotatable bonds is 2. The number of benzene rings is 1. The van der Waals surface area contributed by atoms with E-state index in [-0.39, 0.29) is 0 Å². The summed E-state index contributed by atoms with van der Waals surface area (Å²) in [6.07, 6.45) is 3.45. The van der Waals surface area contributed by atoms with Gasteiger partial charge in [0.1, 0.15) is 5.75 Å². The summed E-state index contributed by atoms with van der Waals surface area (Å²) in [5, 5.41) is 0. The van der Waals surface area contributed by atoms with Crippen LogP contribution in [0.4, 0.5) is 11.4 Å². The third kappa shape index (κ3) is 2.25. The highest BCUT2D eigenvalue weighted by Gasteiger charge is 2.26. The van der Waals surface area contributed by atoms with Gasteiger partial charge in [0.05, 0.1) is 12.3 Å². The van der Waals surface area contributed by atoms with Crippen molar-refractivity contribution in [3.05, 3.63) is 17.7 Å². The average Bonchev–Trinajstić information content (AvgIpc) is 2.89. The largest absolute Gasteiger partial charge is 0.491 e. The van der Waals surface area contributed by atoms with Gasteiger partial charge in [-0.1, -0.05) is 0 Å². The van der Waals surface area contributed by atoms with Crippen LogP contribution in [0.1, 0.15) is 18.4 Å². The molecule has 0 atom stereocenters. The Labute approximate surface area is 115 Å². The van der Waals surface area contributed by atoms with E-state index >= 15 is 0 Å². The second kappa shape index (κ2) is 4.93. The van der Waals surface area contributed by atoms with Gasteiger partial charge in [-0.25, -0.2) is 0 Å². The zero-order valence-electron chi connectivity index (χ0n) is 11.9. The quantitative estimate of drug-likeness (QED) is 0.823. The lowest BCUT2D eigenvalue weighted by Crippen LogP contribution is -2.42. The molecular formula is C15H23N3O. The van der Waals surface area contributed by atoms with Crippen molar-refractivity contribution in [3.8, 4) is 5.75 Å². The fourth-order valence-corrected chi connectivity index (χ4v) is 3.22. The van der Waals surface area contributed by atoms with E-state index in [1.165, 1.54) is 24.1 Å². The molecule has 0 unspecified atom stereocenters. The van der Waals surface area contributed by atoms with Gasteiger partial charge >= 0.3 is 0 Å². The van der Waals surface area contributed by atoms with E-state index < -0.39 is 0 Å². The van der Waals surface area contributed by atoms with Crippen molar-refractivity contribution in [2.75, 3.05) is 44.4 Å². The van der Waals surface area contributed by atoms with Gasteiger partial charge < -0.3 is 20.3 Å². The number of nitrogens with zero attached hydrogens (tertiary/aromatic N) is 2. The zero-order chi connectivity index (χ0) is 13.4. The molecule has 0 radical (unpaired) electrons. The molecule has 3 rings (SSSR count). The standard InChI is InChI=1S/C15H23N3O/c1-17(2)11-5-8-18(9-6-11)14-4-3-13(16)15-12(14)7-10-19-15/h3-4,11H,5-10,16H2,1-2H3. The van der Waals surface area contributed by atoms with Crippen molar-refractivity contribution in [1.29, 1.82) is 0 Å². The van der Waals surface area contributed by atoms with Crippen LogP contribution in [-0.2, 0) is 6.42 Å². The summed E-state index contributed by atoms with van der Waals surface area (Å²) in [6.45, 7) is 3.02. The molecule has 0 aromatic heterocycles. The number of ether oxygens (including phenoxy) is 1. The molecule has 4 nitrogen and oxygen atoms in total. The summed E-state index contributed by atoms with van der Waals surface area (Å²) in [6, 6.07) is 4.87. The van der Waals surface area contributed by atoms with Gasteiger partial charge in [-0.15, -0.1) is 0 Å². The first-order valence-corrected chi connectivity index (χ1v) is 7.12. The highest BCUT2D eigenvalue weighted by atomic mass is 16.5. The fraction of sp³-hybridized carbons (Fsp3) is 0.600. The van der Waals surface area contributed by atoms with Gasteiger partial charge in [0.2, 0.25) is 0 Å². The Morgan fingerprint density at radius 1 is 1.26 bits per heavy atom. The Balaban J connectivity index is 1.79. The summed E-state index contributed by atoms with van der Waals surface area (Å²) < 4.78 is 5.66. The van der Waals surface area contributed by atoms with Crippen LogP contribution in [0.3, 0.4) is 0 Å². The number of fused-ring (bicyclic) bond motifs is 1. The second-order valence-corrected chi connectivity index (χ2v) is 5.76. The number of anilines is 2. The molecule has 0 saturated carbocycles. The van der Waals surface area contributed by atoms with Crippen LogP contribution in [0.15, 0.2) is 12.1 Å². The lowest BCUT2D eigenvalue weighted by molar-refractivity contribution is 0.249. The predicted octanol–water partition coefficient (Wildman–Crippen LogP) is 1.73. The molecule has 2 aliphatic rings. The second-order valence-electron chi connectivity index (χ2n) is 5.76. The zero-order valence-corrected chi connectivity index (χ0v) is 11.9. The van der Waals surface area contributed by atoms with Crippen LogP contribution in [0, 0.1) is 0 Å². The lowest BCUT2D eigenvalue weighted by atomic mass is 10.0. The van der Waals surface area contributed by atoms with Crippen molar-refractivity contribution in [2.24, 2.45) is 0 Å². The van der Waals surface area contributed by atoms with E-state index in [9.17, 15) is 0 Å². The fourth-order valence-electron chi connectivity index (χ4n) is 3.22. The molecule has 2 heterocycles. The highest BCUT2D eigenvalue weighted by Crippen LogP contribution is 2.39. The monoisotopic (exact) mass is 261 g/mol. The first kappa shape index (κ1) is 12.6. The van der Waals surface area contributed by atoms with E-state index in [0.717, 1.165) is 37.6 Å². The predicted molar refractivity (Wildman–Crippen MR) is 79.0 cm³/mol. The third-order valence-electron chi connectivity index (χ3n) is 4.40. The summed E-state index contributed by atoms with van der Waals surface area (Å²) in [5.74, 6) is 0.923. The molecule has 1 saturated heterocycles. The van der Waals surface area contributed by atoms with Crippen molar-refractivity contribution < 1.29 is 4.74 Å². The minimum atomic E-state index is 0.717. The Kier molecular flexibility index (Phi) is 3.27. The Morgan fingerprint density at radius 2 is 2.00 bits per heavy atom. The van der Waals surface area contributed by atoms with E-state index in [2.05, 4.69) is 30.0 Å². The molecule has 104 valence electrons. The summed E-state index contributed by atoms with van der Waals surface area (Å²) in [7, 11) is 4.35. The summed E-state index contributed by atoms with van der Waals surface area (Å²) >= 11 is 0. The lowest BCUT2D eigenvalue weighted by Gasteiger charge is -2.37. The van der Waals surface area contributed by atoms with E-state index in [4.69, 9.17) is 10.5 Å². The topological polar surface area (TPSA) is 41.7 Å². The molecule has 1 fully saturated rings. The van der Waals surface area contributed by atoms with E-state index in [0.29, 0.717) is 6.04 Å². The third-order valence-corrected chi connectivity index (χ3v) is 4.40. The number of piperidine rings is 1. The normalized spacial score (nSPS) is 19.6. The molecular weight excluding hydrogens is 238 g/mol. The maximum atomic E-state index is 5.98. The van der Waals surface area contributed by atoms with Crippen molar-refractivity contribution in [1.82, 2.24) is 4.90 Å². The number of nitrogens with two attached hydrogens (primary N) is 1. The van der Waals surface area contributed by atoms with Crippen LogP contribution in [0.5, 0.6) is 5.75 Å². The molecule has 19 heavy (non-hydrogen) atoms. The number of nitrogen functional groups attached to an aromatic ring is 1. The molecule has 1 aromatic rings. The summed E-state index contributed by atoms with van der Waals surface area (Å²) in [4.78, 5) is 4.83. The van der Waals surface area contributed by atoms with Crippen molar-refractivity contribution in [2.45, 2.75) is 25.3 Å². The molecule has 0 aliphatic carbocycles. The SMILES string of the molecule is CN(C)C1CCN(c2ccc(N)c3c2CCO3)CC1. The molecule has 2 N–H and O–H groups in total. The van der Waals surface area contributed by atoms with Gasteiger partial charge in [0.15, 0.2) is 0 Å². The van der Waals surface area contributed by atoms with Gasteiger partial charge in [0, 0.05) is 36.8 Å². The van der Waals surface area contributed by atoms with Gasteiger partial charge in [-0.05, 0) is 39.1 Å². The minimum absolute atomic E-state index is 0.717. The molecule has 2 aliphatic heterocycles. The van der Waals surface area contributed by atoms with Crippen LogP contribution in [0.2, 0.25) is 0 Å². The first-order valence-electron chi connectivity index (χ1n) is 7.12. The summed E-state index contributed by atoms with van der Waals surface area (Å²) in [5.41, 5.74) is 9.40. The Bertz CT molecular complexity index is 465. The number of hydrogen-bond donors (Lipinski definition) is 1. The average molecular weight is 261 g/mol. The molecule has 0 amide bonds. The molecule has 1 aromatic carbocycles.